The highest BCUT2D eigenvalue weighted by molar-refractivity contribution is 8.44. The van der Waals surface area contributed by atoms with Crippen LogP contribution in [0, 0.1) is 5.41 Å². The number of carbonyl (C=O) groups is 1. The van der Waals surface area contributed by atoms with Crippen molar-refractivity contribution in [2.45, 2.75) is 26.2 Å². The van der Waals surface area contributed by atoms with Crippen LogP contribution >= 0.6 is 39.6 Å². The molecular formula is C21H37N3OP2S2. The normalized spacial score (nSPS) is 16.8. The van der Waals surface area contributed by atoms with E-state index < -0.39 is 0 Å². The fourth-order valence-electron chi connectivity index (χ4n) is 3.82. The Morgan fingerprint density at radius 2 is 1.83 bits per heavy atom. The number of benzene rings is 1. The monoisotopic (exact) mass is 473 g/mol. The van der Waals surface area contributed by atoms with Crippen LogP contribution in [0.3, 0.4) is 0 Å². The number of hydrogen-bond acceptors (Lipinski definition) is 5. The molecule has 2 rings (SSSR count). The second kappa shape index (κ2) is 14.3. The molecule has 1 fully saturated rings. The molecule has 0 saturated carbocycles. The van der Waals surface area contributed by atoms with Gasteiger partial charge in [-0.2, -0.15) is 0 Å². The van der Waals surface area contributed by atoms with Gasteiger partial charge in [-0.25, -0.2) is 0 Å². The smallest absolute Gasteiger partial charge is 0.234 e. The maximum atomic E-state index is 12.2. The molecule has 0 bridgehead atoms. The largest absolute Gasteiger partial charge is 0.354 e. The summed E-state index contributed by atoms with van der Waals surface area (Å²) in [5.74, 6) is 2.12. The molecule has 29 heavy (non-hydrogen) atoms. The number of nitrogens with zero attached hydrogens (tertiary/aromatic N) is 2. The van der Waals surface area contributed by atoms with Gasteiger partial charge in [0.1, 0.15) is 0 Å². The summed E-state index contributed by atoms with van der Waals surface area (Å²) in [6, 6.07) is 10.9. The summed E-state index contributed by atoms with van der Waals surface area (Å²) in [5, 5.41) is 3.02. The molecule has 8 heteroatoms. The van der Waals surface area contributed by atoms with Crippen LogP contribution in [0.2, 0.25) is 0 Å². The van der Waals surface area contributed by atoms with Gasteiger partial charge in [-0.3, -0.25) is 9.69 Å². The minimum atomic E-state index is 0.145. The van der Waals surface area contributed by atoms with Crippen LogP contribution in [-0.2, 0) is 11.2 Å². The maximum Gasteiger partial charge on any atom is 0.234 e. The van der Waals surface area contributed by atoms with Crippen LogP contribution < -0.4 is 5.32 Å². The van der Waals surface area contributed by atoms with Gasteiger partial charge >= 0.3 is 0 Å². The van der Waals surface area contributed by atoms with Crippen LogP contribution in [0.1, 0.15) is 25.3 Å². The zero-order valence-electron chi connectivity index (χ0n) is 17.6. The van der Waals surface area contributed by atoms with Gasteiger partial charge in [0.05, 0.1) is 6.54 Å². The van der Waals surface area contributed by atoms with Crippen molar-refractivity contribution in [1.82, 2.24) is 15.1 Å². The lowest BCUT2D eigenvalue weighted by Crippen LogP contribution is -2.45. The topological polar surface area (TPSA) is 35.6 Å². The molecule has 1 aromatic carbocycles. The molecule has 1 saturated heterocycles. The molecule has 0 aliphatic carbocycles. The molecule has 164 valence electrons. The summed E-state index contributed by atoms with van der Waals surface area (Å²) in [5.41, 5.74) is 1.86. The molecule has 0 radical (unpaired) electrons. The molecule has 0 spiro atoms. The van der Waals surface area contributed by atoms with Crippen LogP contribution in [-0.4, -0.2) is 73.0 Å². The summed E-state index contributed by atoms with van der Waals surface area (Å²) in [6.45, 7) is 8.98. The van der Waals surface area contributed by atoms with E-state index in [1.165, 1.54) is 24.8 Å². The lowest BCUT2D eigenvalue weighted by atomic mass is 9.75. The molecular weight excluding hydrogens is 436 g/mol. The van der Waals surface area contributed by atoms with Gasteiger partial charge in [-0.1, -0.05) is 54.1 Å². The van der Waals surface area contributed by atoms with E-state index >= 15 is 0 Å². The van der Waals surface area contributed by atoms with E-state index in [9.17, 15) is 4.79 Å². The predicted octanol–water partition coefficient (Wildman–Crippen LogP) is 3.80. The van der Waals surface area contributed by atoms with Crippen molar-refractivity contribution in [1.29, 1.82) is 0 Å². The van der Waals surface area contributed by atoms with Crippen molar-refractivity contribution in [3.8, 4) is 0 Å². The molecule has 1 aliphatic rings. The highest BCUT2D eigenvalue weighted by Gasteiger charge is 2.30. The third kappa shape index (κ3) is 10.4. The number of likely N-dealkylation sites (tertiary alicyclic amines) is 1. The number of piperidine rings is 1. The van der Waals surface area contributed by atoms with Crippen molar-refractivity contribution in [2.24, 2.45) is 5.41 Å². The summed E-state index contributed by atoms with van der Waals surface area (Å²) >= 11 is 3.45. The number of rotatable bonds is 13. The second-order valence-electron chi connectivity index (χ2n) is 8.18. The van der Waals surface area contributed by atoms with Crippen molar-refractivity contribution in [3.63, 3.8) is 0 Å². The zero-order valence-corrected chi connectivity index (χ0v) is 21.6. The van der Waals surface area contributed by atoms with E-state index in [-0.39, 0.29) is 5.91 Å². The van der Waals surface area contributed by atoms with Crippen molar-refractivity contribution in [3.05, 3.63) is 35.9 Å². The van der Waals surface area contributed by atoms with Gasteiger partial charge in [0.25, 0.3) is 0 Å². The summed E-state index contributed by atoms with van der Waals surface area (Å²) < 4.78 is 0. The summed E-state index contributed by atoms with van der Waals surface area (Å²) in [4.78, 5) is 17.1. The quantitative estimate of drug-likeness (QED) is 0.348. The molecule has 4 nitrogen and oxygen atoms in total. The Balaban J connectivity index is 1.74. The highest BCUT2D eigenvalue weighted by atomic mass is 32.7. The Kier molecular flexibility index (Phi) is 12.5. The molecule has 1 N–H and O–H groups in total. The van der Waals surface area contributed by atoms with Crippen molar-refractivity contribution in [2.75, 3.05) is 57.3 Å². The van der Waals surface area contributed by atoms with E-state index in [0.717, 1.165) is 50.8 Å². The molecule has 1 aliphatic heterocycles. The first kappa shape index (κ1) is 25.4. The Hall–Kier alpha value is 0.170. The Morgan fingerprint density at radius 3 is 2.48 bits per heavy atom. The lowest BCUT2D eigenvalue weighted by Gasteiger charge is -2.40. The zero-order chi connectivity index (χ0) is 21.0. The molecule has 0 aromatic heterocycles. The number of hydrogen-bond donors (Lipinski definition) is 1. The SMILES string of the molecule is CC1(Cc2ccccc2)CCN(CCN(CCSP)CC(=O)NCCSP)CC1. The second-order valence-corrected chi connectivity index (χ2v) is 11.7. The van der Waals surface area contributed by atoms with Crippen LogP contribution in [0.15, 0.2) is 30.3 Å². The Morgan fingerprint density at radius 1 is 1.14 bits per heavy atom. The van der Waals surface area contributed by atoms with E-state index in [4.69, 9.17) is 0 Å². The van der Waals surface area contributed by atoms with Gasteiger partial charge in [0.2, 0.25) is 5.91 Å². The molecule has 2 unspecified atom stereocenters. The van der Waals surface area contributed by atoms with Gasteiger partial charge in [0.15, 0.2) is 0 Å². The van der Waals surface area contributed by atoms with Crippen LogP contribution in [0.4, 0.5) is 0 Å². The molecule has 2 atom stereocenters. The van der Waals surface area contributed by atoms with Crippen molar-refractivity contribution < 1.29 is 4.79 Å². The minimum absolute atomic E-state index is 0.145. The van der Waals surface area contributed by atoms with Gasteiger partial charge < -0.3 is 10.2 Å². The van der Waals surface area contributed by atoms with E-state index in [2.05, 4.69) is 69.3 Å². The Labute approximate surface area is 190 Å². The number of nitrogens with one attached hydrogen (secondary N) is 1. The fourth-order valence-corrected chi connectivity index (χ4v) is 5.08. The lowest BCUT2D eigenvalue weighted by molar-refractivity contribution is -0.122. The Bertz CT molecular complexity index is 587. The standard InChI is InChI=1S/C21H37N3OP2S2/c1-21(17-19-5-3-2-4-6-19)7-10-23(11-8-21)12-13-24(14-16-29-27)18-20(25)22-9-15-28-26/h2-6H,7-18,26-27H2,1H3,(H,22,25). The minimum Gasteiger partial charge on any atom is -0.354 e. The van der Waals surface area contributed by atoms with Crippen LogP contribution in [0.5, 0.6) is 0 Å². The molecule has 1 amide bonds. The first-order chi connectivity index (χ1) is 14.0. The van der Waals surface area contributed by atoms with Gasteiger partial charge in [0, 0.05) is 37.7 Å². The average molecular weight is 474 g/mol. The third-order valence-electron chi connectivity index (χ3n) is 5.70. The summed E-state index contributed by atoms with van der Waals surface area (Å²) in [6.07, 6.45) is 3.67. The van der Waals surface area contributed by atoms with E-state index in [0.29, 0.717) is 12.0 Å². The third-order valence-corrected chi connectivity index (χ3v) is 7.98. The average Bonchev–Trinajstić information content (AvgIpc) is 2.72. The van der Waals surface area contributed by atoms with Gasteiger partial charge in [-0.15, -0.1) is 22.8 Å². The summed E-state index contributed by atoms with van der Waals surface area (Å²) in [7, 11) is 5.34. The van der Waals surface area contributed by atoms with Crippen LogP contribution in [0.25, 0.3) is 0 Å². The van der Waals surface area contributed by atoms with E-state index in [1.54, 1.807) is 22.8 Å². The number of carbonyl (C=O) groups excluding carboxylic acids is 1. The van der Waals surface area contributed by atoms with Crippen molar-refractivity contribution >= 4 is 45.6 Å². The predicted molar refractivity (Wildman–Crippen MR) is 138 cm³/mol. The van der Waals surface area contributed by atoms with E-state index in [1.807, 2.05) is 0 Å². The first-order valence-corrected chi connectivity index (χ1v) is 15.4. The highest BCUT2D eigenvalue weighted by Crippen LogP contribution is 2.34. The number of amides is 1. The first-order valence-electron chi connectivity index (χ1n) is 10.4. The maximum absolute atomic E-state index is 12.2. The molecule has 1 heterocycles. The molecule has 1 aromatic rings. The van der Waals surface area contributed by atoms with Gasteiger partial charge in [-0.05, 0) is 43.3 Å². The fraction of sp³-hybridized carbons (Fsp3) is 0.667.